The minimum absolute atomic E-state index is 0.0562. The molecule has 0 aliphatic carbocycles. The number of H-pyrrole nitrogens is 1. The topological polar surface area (TPSA) is 83.6 Å². The van der Waals surface area contributed by atoms with Crippen LogP contribution in [-0.2, 0) is 11.2 Å². The maximum absolute atomic E-state index is 12.5. The van der Waals surface area contributed by atoms with Crippen LogP contribution in [0.2, 0.25) is 0 Å². The Morgan fingerprint density at radius 3 is 2.60 bits per heavy atom. The van der Waals surface area contributed by atoms with Gasteiger partial charge in [-0.3, -0.25) is 4.79 Å². The second-order valence-electron chi connectivity index (χ2n) is 7.12. The van der Waals surface area contributed by atoms with Crippen LogP contribution in [0.25, 0.3) is 22.2 Å². The molecule has 4 aromatic rings. The number of para-hydroxylation sites is 1. The van der Waals surface area contributed by atoms with Crippen LogP contribution < -0.4 is 5.32 Å². The number of rotatable bonds is 6. The van der Waals surface area contributed by atoms with Gasteiger partial charge in [0.1, 0.15) is 0 Å². The first-order valence-corrected chi connectivity index (χ1v) is 11.8. The summed E-state index contributed by atoms with van der Waals surface area (Å²) >= 11 is 2.97. The highest BCUT2D eigenvalue weighted by molar-refractivity contribution is 7.98. The van der Waals surface area contributed by atoms with Crippen molar-refractivity contribution in [2.75, 3.05) is 11.6 Å². The Morgan fingerprint density at radius 1 is 1.13 bits per heavy atom. The molecule has 3 aromatic heterocycles. The molecule has 6 nitrogen and oxygen atoms in total. The van der Waals surface area contributed by atoms with E-state index in [4.69, 9.17) is 0 Å². The molecule has 0 atom stereocenters. The molecule has 0 fully saturated rings. The van der Waals surface area contributed by atoms with Crippen LogP contribution in [-0.4, -0.2) is 32.1 Å². The Bertz CT molecular complexity index is 1200. The number of carbonyl (C=O) groups excluding carboxylic acids is 1. The molecule has 2 N–H and O–H groups in total. The van der Waals surface area contributed by atoms with Crippen LogP contribution in [0.15, 0.2) is 34.8 Å². The lowest BCUT2D eigenvalue weighted by molar-refractivity contribution is -0.116. The smallest absolute Gasteiger partial charge is 0.226 e. The highest BCUT2D eigenvalue weighted by Gasteiger charge is 2.15. The highest BCUT2D eigenvalue weighted by Crippen LogP contribution is 2.33. The third-order valence-electron chi connectivity index (χ3n) is 5.09. The molecule has 8 heteroatoms. The Balaban J connectivity index is 1.45. The van der Waals surface area contributed by atoms with Gasteiger partial charge in [0.25, 0.3) is 0 Å². The molecule has 0 saturated carbocycles. The average molecular weight is 438 g/mol. The Labute approximate surface area is 183 Å². The van der Waals surface area contributed by atoms with E-state index in [1.807, 2.05) is 44.5 Å². The van der Waals surface area contributed by atoms with Gasteiger partial charge in [-0.05, 0) is 45.1 Å². The van der Waals surface area contributed by atoms with E-state index >= 15 is 0 Å². The fourth-order valence-corrected chi connectivity index (χ4v) is 4.81. The summed E-state index contributed by atoms with van der Waals surface area (Å²) in [5.74, 6) is -0.0562. The van der Waals surface area contributed by atoms with Gasteiger partial charge in [-0.1, -0.05) is 30.0 Å². The number of aryl methyl sites for hydroxylation is 3. The zero-order valence-electron chi connectivity index (χ0n) is 17.4. The lowest BCUT2D eigenvalue weighted by Gasteiger charge is -2.09. The first-order chi connectivity index (χ1) is 14.5. The maximum Gasteiger partial charge on any atom is 0.226 e. The average Bonchev–Trinajstić information content (AvgIpc) is 3.29. The molecule has 0 aliphatic heterocycles. The second kappa shape index (κ2) is 8.57. The molecule has 3 heterocycles. The molecule has 0 spiro atoms. The monoisotopic (exact) mass is 437 g/mol. The summed E-state index contributed by atoms with van der Waals surface area (Å²) in [5.41, 5.74) is 7.02. The van der Waals surface area contributed by atoms with Crippen LogP contribution in [0, 0.1) is 20.8 Å². The van der Waals surface area contributed by atoms with Gasteiger partial charge in [0.2, 0.25) is 5.91 Å². The third kappa shape index (κ3) is 4.11. The first-order valence-electron chi connectivity index (χ1n) is 9.67. The lowest BCUT2D eigenvalue weighted by Crippen LogP contribution is -2.13. The molecular formula is C22H23N5OS2. The maximum atomic E-state index is 12.5. The van der Waals surface area contributed by atoms with E-state index in [9.17, 15) is 4.79 Å². The molecule has 1 amide bonds. The van der Waals surface area contributed by atoms with Crippen molar-refractivity contribution in [3.8, 4) is 11.3 Å². The number of anilines is 1. The molecule has 0 bridgehead atoms. The summed E-state index contributed by atoms with van der Waals surface area (Å²) in [6.07, 6.45) is 2.93. The van der Waals surface area contributed by atoms with Gasteiger partial charge in [0.05, 0.1) is 5.69 Å². The second-order valence-corrected chi connectivity index (χ2v) is 8.75. The number of hydrogen-bond donors (Lipinski definition) is 2. The summed E-state index contributed by atoms with van der Waals surface area (Å²) in [4.78, 5) is 29.5. The van der Waals surface area contributed by atoms with Crippen molar-refractivity contribution in [1.29, 1.82) is 0 Å². The van der Waals surface area contributed by atoms with Gasteiger partial charge in [-0.2, -0.15) is 0 Å². The molecule has 4 rings (SSSR count). The fraction of sp³-hybridized carbons (Fsp3) is 0.273. The summed E-state index contributed by atoms with van der Waals surface area (Å²) in [6.45, 7) is 5.98. The van der Waals surface area contributed by atoms with E-state index in [1.54, 1.807) is 0 Å². The number of thioether (sulfide) groups is 1. The van der Waals surface area contributed by atoms with Crippen molar-refractivity contribution in [3.05, 3.63) is 52.3 Å². The molecule has 0 radical (unpaired) electrons. The van der Waals surface area contributed by atoms with Gasteiger partial charge in [0, 0.05) is 45.3 Å². The van der Waals surface area contributed by atoms with Gasteiger partial charge in [-0.25, -0.2) is 15.0 Å². The summed E-state index contributed by atoms with van der Waals surface area (Å²) in [5, 5.41) is 7.44. The lowest BCUT2D eigenvalue weighted by atomic mass is 10.1. The van der Waals surface area contributed by atoms with Crippen molar-refractivity contribution in [2.24, 2.45) is 0 Å². The Hall–Kier alpha value is -2.71. The quantitative estimate of drug-likeness (QED) is 0.316. The number of aromatic amines is 1. The minimum atomic E-state index is -0.0562. The zero-order valence-corrected chi connectivity index (χ0v) is 19.0. The molecule has 1 aromatic carbocycles. The molecule has 0 saturated heterocycles. The number of aromatic nitrogens is 4. The fourth-order valence-electron chi connectivity index (χ4n) is 3.63. The summed E-state index contributed by atoms with van der Waals surface area (Å²) < 4.78 is 0. The molecule has 30 heavy (non-hydrogen) atoms. The SMILES string of the molecule is CSc1nc(C)c(CCC(=O)Nc2nc(-c3c(C)[nH]c4ccccc34)cs2)c(C)n1. The van der Waals surface area contributed by atoms with Crippen LogP contribution >= 0.6 is 23.1 Å². The number of nitrogens with zero attached hydrogens (tertiary/aromatic N) is 3. The van der Waals surface area contributed by atoms with E-state index in [1.165, 1.54) is 23.1 Å². The number of fused-ring (bicyclic) bond motifs is 1. The van der Waals surface area contributed by atoms with Crippen molar-refractivity contribution in [2.45, 2.75) is 38.8 Å². The van der Waals surface area contributed by atoms with Gasteiger partial charge < -0.3 is 10.3 Å². The van der Waals surface area contributed by atoms with Gasteiger partial charge in [-0.15, -0.1) is 11.3 Å². The number of nitrogens with one attached hydrogen (secondary N) is 2. The predicted molar refractivity (Wildman–Crippen MR) is 124 cm³/mol. The Kier molecular flexibility index (Phi) is 5.87. The van der Waals surface area contributed by atoms with E-state index in [2.05, 4.69) is 37.4 Å². The summed E-state index contributed by atoms with van der Waals surface area (Å²) in [7, 11) is 0. The van der Waals surface area contributed by atoms with Crippen molar-refractivity contribution in [3.63, 3.8) is 0 Å². The van der Waals surface area contributed by atoms with E-state index in [0.29, 0.717) is 18.0 Å². The van der Waals surface area contributed by atoms with Crippen molar-refractivity contribution < 1.29 is 4.79 Å². The van der Waals surface area contributed by atoms with E-state index < -0.39 is 0 Å². The number of hydrogen-bond acceptors (Lipinski definition) is 6. The predicted octanol–water partition coefficient (Wildman–Crippen LogP) is 5.30. The Morgan fingerprint density at radius 2 is 1.87 bits per heavy atom. The summed E-state index contributed by atoms with van der Waals surface area (Å²) in [6, 6.07) is 8.17. The zero-order chi connectivity index (χ0) is 21.3. The van der Waals surface area contributed by atoms with Crippen LogP contribution in [0.1, 0.15) is 29.1 Å². The van der Waals surface area contributed by atoms with E-state index in [-0.39, 0.29) is 5.91 Å². The largest absolute Gasteiger partial charge is 0.358 e. The number of carbonyl (C=O) groups is 1. The standard InChI is InChI=1S/C22H23N5OS2/c1-12-15(13(2)25-21(24-12)29-4)9-10-19(28)27-22-26-18(11-30-22)20-14(3)23-17-8-6-5-7-16(17)20/h5-8,11,23H,9-10H2,1-4H3,(H,26,27,28). The number of amides is 1. The number of thiazole rings is 1. The van der Waals surface area contributed by atoms with Crippen LogP contribution in [0.5, 0.6) is 0 Å². The van der Waals surface area contributed by atoms with Crippen molar-refractivity contribution >= 4 is 45.0 Å². The molecule has 0 unspecified atom stereocenters. The van der Waals surface area contributed by atoms with Crippen molar-refractivity contribution in [1.82, 2.24) is 19.9 Å². The van der Waals surface area contributed by atoms with Crippen LogP contribution in [0.4, 0.5) is 5.13 Å². The molecule has 0 aliphatic rings. The number of benzene rings is 1. The van der Waals surface area contributed by atoms with Gasteiger partial charge in [0.15, 0.2) is 10.3 Å². The van der Waals surface area contributed by atoms with Crippen LogP contribution in [0.3, 0.4) is 0 Å². The highest BCUT2D eigenvalue weighted by atomic mass is 32.2. The molecule has 154 valence electrons. The first kappa shape index (κ1) is 20.6. The van der Waals surface area contributed by atoms with E-state index in [0.717, 1.165) is 50.0 Å². The minimum Gasteiger partial charge on any atom is -0.358 e. The third-order valence-corrected chi connectivity index (χ3v) is 6.39. The molecular weight excluding hydrogens is 414 g/mol. The normalized spacial score (nSPS) is 11.2. The van der Waals surface area contributed by atoms with Gasteiger partial charge >= 0.3 is 0 Å².